The Balaban J connectivity index is 2.39. The van der Waals surface area contributed by atoms with Crippen LogP contribution in [0.4, 0.5) is 4.39 Å². The van der Waals surface area contributed by atoms with E-state index in [-0.39, 0.29) is 11.4 Å². The smallest absolute Gasteiger partial charge is 0.130 e. The summed E-state index contributed by atoms with van der Waals surface area (Å²) < 4.78 is 13.3. The lowest BCUT2D eigenvalue weighted by atomic mass is 9.99. The second kappa shape index (κ2) is 5.82. The fourth-order valence-electron chi connectivity index (χ4n) is 1.92. The van der Waals surface area contributed by atoms with E-state index in [1.807, 2.05) is 31.2 Å². The van der Waals surface area contributed by atoms with E-state index in [4.69, 9.17) is 10.5 Å². The molecule has 0 spiro atoms. The van der Waals surface area contributed by atoms with Crippen molar-refractivity contribution in [2.45, 2.75) is 6.92 Å². The number of halogens is 1. The van der Waals surface area contributed by atoms with E-state index in [1.54, 1.807) is 18.2 Å². The Bertz CT molecular complexity index is 728. The summed E-state index contributed by atoms with van der Waals surface area (Å²) in [6.45, 7) is 1.92. The van der Waals surface area contributed by atoms with Gasteiger partial charge < -0.3 is 0 Å². The molecule has 0 saturated carbocycles. The average Bonchev–Trinajstić information content (AvgIpc) is 2.48. The zero-order valence-corrected chi connectivity index (χ0v) is 10.9. The van der Waals surface area contributed by atoms with Gasteiger partial charge in [-0.2, -0.15) is 10.5 Å². The molecule has 0 atom stereocenters. The van der Waals surface area contributed by atoms with Crippen LogP contribution >= 0.6 is 0 Å². The van der Waals surface area contributed by atoms with Gasteiger partial charge in [0.25, 0.3) is 0 Å². The number of hydrogen-bond donors (Lipinski definition) is 0. The summed E-state index contributed by atoms with van der Waals surface area (Å²) in [5.74, 6) is -0.272. The highest BCUT2D eigenvalue weighted by atomic mass is 19.1. The summed E-state index contributed by atoms with van der Waals surface area (Å²) in [5.41, 5.74) is 3.54. The standard InChI is InChI=1S/C17H11FN2/c1-12-2-7-16(18)9-17(12)15-5-3-13(4-6-15)8-14(10-19)11-20/h2-9H,1H3. The molecule has 0 radical (unpaired) electrons. The molecule has 96 valence electrons. The normalized spacial score (nSPS) is 9.40. The molecule has 2 rings (SSSR count). The molecule has 2 aromatic carbocycles. The Morgan fingerprint density at radius 3 is 2.30 bits per heavy atom. The van der Waals surface area contributed by atoms with Crippen molar-refractivity contribution in [2.75, 3.05) is 0 Å². The van der Waals surface area contributed by atoms with Gasteiger partial charge in [0.15, 0.2) is 0 Å². The van der Waals surface area contributed by atoms with Gasteiger partial charge >= 0.3 is 0 Å². The van der Waals surface area contributed by atoms with Crippen LogP contribution in [0.2, 0.25) is 0 Å². The molecule has 0 fully saturated rings. The molecule has 0 amide bonds. The Morgan fingerprint density at radius 2 is 1.70 bits per heavy atom. The Kier molecular flexibility index (Phi) is 3.93. The van der Waals surface area contributed by atoms with Crippen molar-refractivity contribution in [3.8, 4) is 23.3 Å². The van der Waals surface area contributed by atoms with Crippen molar-refractivity contribution < 1.29 is 4.39 Å². The highest BCUT2D eigenvalue weighted by Crippen LogP contribution is 2.25. The molecule has 0 saturated heterocycles. The number of allylic oxidation sites excluding steroid dienone is 1. The number of hydrogen-bond acceptors (Lipinski definition) is 2. The molecular weight excluding hydrogens is 251 g/mol. The quantitative estimate of drug-likeness (QED) is 0.760. The second-order valence-electron chi connectivity index (χ2n) is 4.36. The van der Waals surface area contributed by atoms with Crippen LogP contribution in [0.1, 0.15) is 11.1 Å². The van der Waals surface area contributed by atoms with E-state index in [0.29, 0.717) is 0 Å². The first kappa shape index (κ1) is 13.5. The van der Waals surface area contributed by atoms with Gasteiger partial charge in [0.1, 0.15) is 23.5 Å². The Labute approximate surface area is 117 Å². The van der Waals surface area contributed by atoms with Crippen molar-refractivity contribution in [1.82, 2.24) is 0 Å². The van der Waals surface area contributed by atoms with Crippen molar-refractivity contribution in [3.05, 3.63) is 65.0 Å². The SMILES string of the molecule is Cc1ccc(F)cc1-c1ccc(C=C(C#N)C#N)cc1. The molecule has 2 nitrogen and oxygen atoms in total. The van der Waals surface area contributed by atoms with Crippen LogP contribution in [0.25, 0.3) is 17.2 Å². The maximum absolute atomic E-state index is 13.3. The topological polar surface area (TPSA) is 47.6 Å². The van der Waals surface area contributed by atoms with Gasteiger partial charge in [-0.15, -0.1) is 0 Å². The molecule has 0 aromatic heterocycles. The zero-order chi connectivity index (χ0) is 14.5. The highest BCUT2D eigenvalue weighted by Gasteiger charge is 2.03. The Morgan fingerprint density at radius 1 is 1.05 bits per heavy atom. The van der Waals surface area contributed by atoms with Crippen LogP contribution in [0.15, 0.2) is 48.0 Å². The largest absolute Gasteiger partial charge is 0.207 e. The van der Waals surface area contributed by atoms with E-state index in [0.717, 1.165) is 22.3 Å². The van der Waals surface area contributed by atoms with Crippen molar-refractivity contribution in [2.24, 2.45) is 0 Å². The van der Waals surface area contributed by atoms with E-state index in [9.17, 15) is 4.39 Å². The minimum absolute atomic E-state index is 0.0553. The number of nitrogens with zero attached hydrogens (tertiary/aromatic N) is 2. The molecule has 0 aliphatic rings. The molecular formula is C17H11FN2. The highest BCUT2D eigenvalue weighted by molar-refractivity contribution is 5.70. The van der Waals surface area contributed by atoms with Gasteiger partial charge in [0.2, 0.25) is 0 Å². The first-order chi connectivity index (χ1) is 9.63. The van der Waals surface area contributed by atoms with Crippen LogP contribution < -0.4 is 0 Å². The number of nitriles is 2. The van der Waals surface area contributed by atoms with Gasteiger partial charge in [0.05, 0.1) is 0 Å². The fraction of sp³-hybridized carbons (Fsp3) is 0.0588. The minimum Gasteiger partial charge on any atom is -0.207 e. The number of benzene rings is 2. The van der Waals surface area contributed by atoms with E-state index < -0.39 is 0 Å². The summed E-state index contributed by atoms with van der Waals surface area (Å²) in [4.78, 5) is 0. The lowest BCUT2D eigenvalue weighted by molar-refractivity contribution is 0.628. The van der Waals surface area contributed by atoms with Crippen molar-refractivity contribution in [3.63, 3.8) is 0 Å². The molecule has 2 aromatic rings. The summed E-state index contributed by atoms with van der Waals surface area (Å²) in [7, 11) is 0. The van der Waals surface area contributed by atoms with E-state index in [2.05, 4.69) is 0 Å². The zero-order valence-electron chi connectivity index (χ0n) is 10.9. The van der Waals surface area contributed by atoms with Crippen molar-refractivity contribution in [1.29, 1.82) is 10.5 Å². The molecule has 0 aliphatic carbocycles. The summed E-state index contributed by atoms with van der Waals surface area (Å²) in [6.07, 6.45) is 1.52. The molecule has 0 N–H and O–H groups in total. The van der Waals surface area contributed by atoms with Crippen LogP contribution in [0, 0.1) is 35.4 Å². The molecule has 0 bridgehead atoms. The summed E-state index contributed by atoms with van der Waals surface area (Å²) in [5, 5.41) is 17.4. The summed E-state index contributed by atoms with van der Waals surface area (Å²) in [6, 6.07) is 15.6. The first-order valence-corrected chi connectivity index (χ1v) is 6.02. The molecule has 0 unspecified atom stereocenters. The van der Waals surface area contributed by atoms with Crippen molar-refractivity contribution >= 4 is 6.08 Å². The molecule has 0 aliphatic heterocycles. The Hall–Kier alpha value is -2.91. The van der Waals surface area contributed by atoms with Gasteiger partial charge in [-0.3, -0.25) is 0 Å². The lowest BCUT2D eigenvalue weighted by Gasteiger charge is -2.06. The van der Waals surface area contributed by atoms with Crippen LogP contribution in [-0.2, 0) is 0 Å². The molecule has 20 heavy (non-hydrogen) atoms. The average molecular weight is 262 g/mol. The van der Waals surface area contributed by atoms with Gasteiger partial charge in [0, 0.05) is 0 Å². The lowest BCUT2D eigenvalue weighted by Crippen LogP contribution is -1.86. The third kappa shape index (κ3) is 2.91. The van der Waals surface area contributed by atoms with Crippen LogP contribution in [0.5, 0.6) is 0 Å². The summed E-state index contributed by atoms with van der Waals surface area (Å²) >= 11 is 0. The maximum Gasteiger partial charge on any atom is 0.130 e. The van der Waals surface area contributed by atoms with Crippen LogP contribution in [-0.4, -0.2) is 0 Å². The monoisotopic (exact) mass is 262 g/mol. The predicted molar refractivity (Wildman–Crippen MR) is 75.8 cm³/mol. The third-order valence-electron chi connectivity index (χ3n) is 2.97. The third-order valence-corrected chi connectivity index (χ3v) is 2.97. The van der Waals surface area contributed by atoms with Gasteiger partial charge in [-0.25, -0.2) is 4.39 Å². The predicted octanol–water partition coefficient (Wildman–Crippen LogP) is 4.23. The second-order valence-corrected chi connectivity index (χ2v) is 4.36. The first-order valence-electron chi connectivity index (χ1n) is 6.02. The van der Waals surface area contributed by atoms with E-state index in [1.165, 1.54) is 18.2 Å². The molecule has 0 heterocycles. The fourth-order valence-corrected chi connectivity index (χ4v) is 1.92. The van der Waals surface area contributed by atoms with Crippen LogP contribution in [0.3, 0.4) is 0 Å². The van der Waals surface area contributed by atoms with Gasteiger partial charge in [-0.1, -0.05) is 30.3 Å². The van der Waals surface area contributed by atoms with Gasteiger partial charge in [-0.05, 0) is 47.4 Å². The maximum atomic E-state index is 13.3. The molecule has 3 heteroatoms. The van der Waals surface area contributed by atoms with E-state index >= 15 is 0 Å². The number of aryl methyl sites for hydroxylation is 1. The minimum atomic E-state index is -0.272. The number of rotatable bonds is 2.